The maximum absolute atomic E-state index is 12.9. The van der Waals surface area contributed by atoms with Crippen molar-refractivity contribution in [2.75, 3.05) is 18.4 Å². The van der Waals surface area contributed by atoms with E-state index in [1.165, 1.54) is 0 Å². The first-order valence-corrected chi connectivity index (χ1v) is 8.21. The molecular weight excluding hydrogens is 316 g/mol. The topological polar surface area (TPSA) is 75.9 Å². The number of para-hydroxylation sites is 1. The van der Waals surface area contributed by atoms with E-state index in [9.17, 15) is 4.79 Å². The predicted molar refractivity (Wildman–Crippen MR) is 96.1 cm³/mol. The van der Waals surface area contributed by atoms with E-state index in [4.69, 9.17) is 0 Å². The summed E-state index contributed by atoms with van der Waals surface area (Å²) in [6.07, 6.45) is 4.87. The van der Waals surface area contributed by atoms with Crippen LogP contribution in [0.5, 0.6) is 0 Å². The lowest BCUT2D eigenvalue weighted by atomic mass is 10.2. The number of aromatic nitrogens is 4. The van der Waals surface area contributed by atoms with Crippen molar-refractivity contribution < 1.29 is 4.79 Å². The molecule has 7 heteroatoms. The number of hydrogen-bond acceptors (Lipinski definition) is 5. The summed E-state index contributed by atoms with van der Waals surface area (Å²) in [6.45, 7) is 5.17. The first kappa shape index (κ1) is 16.6. The highest BCUT2D eigenvalue weighted by molar-refractivity contribution is 5.99. The van der Waals surface area contributed by atoms with Crippen LogP contribution in [0.15, 0.2) is 55.0 Å². The van der Waals surface area contributed by atoms with E-state index in [0.717, 1.165) is 5.69 Å². The summed E-state index contributed by atoms with van der Waals surface area (Å²) in [5.41, 5.74) is 1.33. The fourth-order valence-electron chi connectivity index (χ4n) is 2.54. The second-order valence-electron chi connectivity index (χ2n) is 5.33. The Morgan fingerprint density at radius 2 is 1.76 bits per heavy atom. The van der Waals surface area contributed by atoms with Gasteiger partial charge in [-0.1, -0.05) is 18.2 Å². The van der Waals surface area contributed by atoms with Crippen molar-refractivity contribution in [2.24, 2.45) is 0 Å². The van der Waals surface area contributed by atoms with Crippen molar-refractivity contribution >= 4 is 17.7 Å². The largest absolute Gasteiger partial charge is 0.339 e. The van der Waals surface area contributed by atoms with Crippen LogP contribution in [-0.4, -0.2) is 43.6 Å². The van der Waals surface area contributed by atoms with Crippen molar-refractivity contribution in [3.05, 3.63) is 60.6 Å². The predicted octanol–water partition coefficient (Wildman–Crippen LogP) is 2.89. The molecule has 0 radical (unpaired) electrons. The number of nitrogens with one attached hydrogen (secondary N) is 1. The van der Waals surface area contributed by atoms with Gasteiger partial charge in [-0.3, -0.25) is 4.79 Å². The van der Waals surface area contributed by atoms with E-state index in [-0.39, 0.29) is 5.91 Å². The molecule has 25 heavy (non-hydrogen) atoms. The molecule has 0 aliphatic carbocycles. The van der Waals surface area contributed by atoms with Crippen LogP contribution in [0, 0.1) is 0 Å². The first-order valence-electron chi connectivity index (χ1n) is 8.21. The summed E-state index contributed by atoms with van der Waals surface area (Å²) in [5, 5.41) is 7.54. The number of anilines is 2. The summed E-state index contributed by atoms with van der Waals surface area (Å²) in [4.78, 5) is 23.0. The van der Waals surface area contributed by atoms with Crippen LogP contribution < -0.4 is 5.32 Å². The molecular formula is C18H20N6O. The molecule has 2 heterocycles. The molecule has 1 aromatic carbocycles. The van der Waals surface area contributed by atoms with Gasteiger partial charge < -0.3 is 10.2 Å². The molecule has 7 nitrogen and oxygen atoms in total. The third-order valence-electron chi connectivity index (χ3n) is 3.85. The van der Waals surface area contributed by atoms with Crippen LogP contribution in [0.2, 0.25) is 0 Å². The van der Waals surface area contributed by atoms with Crippen LogP contribution in [0.1, 0.15) is 24.2 Å². The molecule has 0 spiro atoms. The first-order chi connectivity index (χ1) is 12.2. The van der Waals surface area contributed by atoms with Gasteiger partial charge >= 0.3 is 0 Å². The minimum Gasteiger partial charge on any atom is -0.339 e. The number of nitrogens with zero attached hydrogens (tertiary/aromatic N) is 5. The lowest BCUT2D eigenvalue weighted by Gasteiger charge is -2.19. The Morgan fingerprint density at radius 3 is 2.40 bits per heavy atom. The van der Waals surface area contributed by atoms with Crippen LogP contribution >= 0.6 is 0 Å². The highest BCUT2D eigenvalue weighted by atomic mass is 16.2. The maximum Gasteiger partial charge on any atom is 0.259 e. The molecule has 3 aromatic rings. The van der Waals surface area contributed by atoms with Gasteiger partial charge in [0.2, 0.25) is 5.95 Å². The van der Waals surface area contributed by atoms with Gasteiger partial charge in [0.25, 0.3) is 5.91 Å². The zero-order valence-corrected chi connectivity index (χ0v) is 14.3. The number of carbonyl (C=O) groups excluding carboxylic acids is 1. The molecule has 128 valence electrons. The zero-order valence-electron chi connectivity index (χ0n) is 14.3. The summed E-state index contributed by atoms with van der Waals surface area (Å²) in [5.74, 6) is 0.883. The van der Waals surface area contributed by atoms with Gasteiger partial charge in [-0.2, -0.15) is 5.10 Å². The fourth-order valence-corrected chi connectivity index (χ4v) is 2.54. The van der Waals surface area contributed by atoms with Crippen LogP contribution in [0.3, 0.4) is 0 Å². The number of rotatable bonds is 6. The van der Waals surface area contributed by atoms with Crippen LogP contribution in [0.25, 0.3) is 5.69 Å². The minimum atomic E-state index is -0.0781. The van der Waals surface area contributed by atoms with Crippen molar-refractivity contribution in [1.82, 2.24) is 24.6 Å². The summed E-state index contributed by atoms with van der Waals surface area (Å²) in [6, 6.07) is 11.4. The molecule has 0 saturated carbocycles. The second kappa shape index (κ2) is 7.57. The quantitative estimate of drug-likeness (QED) is 0.749. The average molecular weight is 336 g/mol. The minimum absolute atomic E-state index is 0.0781. The van der Waals surface area contributed by atoms with Gasteiger partial charge in [-0.25, -0.2) is 14.6 Å². The van der Waals surface area contributed by atoms with E-state index in [1.54, 1.807) is 34.2 Å². The lowest BCUT2D eigenvalue weighted by Crippen LogP contribution is -2.30. The van der Waals surface area contributed by atoms with E-state index < -0.39 is 0 Å². The van der Waals surface area contributed by atoms with E-state index in [1.807, 2.05) is 44.2 Å². The van der Waals surface area contributed by atoms with Gasteiger partial charge in [0, 0.05) is 25.5 Å². The number of carbonyl (C=O) groups is 1. The Bertz CT molecular complexity index is 827. The van der Waals surface area contributed by atoms with E-state index >= 15 is 0 Å². The van der Waals surface area contributed by atoms with Gasteiger partial charge in [0.05, 0.1) is 11.9 Å². The van der Waals surface area contributed by atoms with Crippen molar-refractivity contribution in [3.8, 4) is 5.69 Å². The zero-order chi connectivity index (χ0) is 17.6. The molecule has 0 fully saturated rings. The normalized spacial score (nSPS) is 10.5. The van der Waals surface area contributed by atoms with Gasteiger partial charge in [-0.05, 0) is 32.0 Å². The van der Waals surface area contributed by atoms with Gasteiger partial charge in [-0.15, -0.1) is 0 Å². The molecule has 0 atom stereocenters. The van der Waals surface area contributed by atoms with Crippen molar-refractivity contribution in [2.45, 2.75) is 13.8 Å². The molecule has 0 aliphatic heterocycles. The standard InChI is InChI=1S/C18H20N6O/c1-3-23(4-2)17(25)15-13-21-24(14-9-6-5-7-10-14)16(15)22-18-19-11-8-12-20-18/h5-13H,3-4H2,1-2H3,(H,19,20,22). The Balaban J connectivity index is 2.06. The van der Waals surface area contributed by atoms with Crippen LogP contribution in [-0.2, 0) is 0 Å². The Morgan fingerprint density at radius 1 is 1.08 bits per heavy atom. The van der Waals surface area contributed by atoms with Crippen molar-refractivity contribution in [3.63, 3.8) is 0 Å². The fraction of sp³-hybridized carbons (Fsp3) is 0.222. The van der Waals surface area contributed by atoms with E-state index in [2.05, 4.69) is 20.4 Å². The SMILES string of the molecule is CCN(CC)C(=O)c1cnn(-c2ccccc2)c1Nc1ncccn1. The molecule has 1 amide bonds. The highest BCUT2D eigenvalue weighted by Crippen LogP contribution is 2.24. The summed E-state index contributed by atoms with van der Waals surface area (Å²) >= 11 is 0. The van der Waals surface area contributed by atoms with Gasteiger partial charge in [0.1, 0.15) is 11.4 Å². The highest BCUT2D eigenvalue weighted by Gasteiger charge is 2.22. The van der Waals surface area contributed by atoms with Crippen molar-refractivity contribution in [1.29, 1.82) is 0 Å². The van der Waals surface area contributed by atoms with Crippen LogP contribution in [0.4, 0.5) is 11.8 Å². The maximum atomic E-state index is 12.9. The summed E-state index contributed by atoms with van der Waals surface area (Å²) in [7, 11) is 0. The molecule has 0 unspecified atom stereocenters. The number of amides is 1. The molecule has 3 rings (SSSR count). The monoisotopic (exact) mass is 336 g/mol. The Labute approximate surface area is 146 Å². The summed E-state index contributed by atoms with van der Waals surface area (Å²) < 4.78 is 1.69. The molecule has 2 aromatic heterocycles. The number of benzene rings is 1. The Kier molecular flexibility index (Phi) is 5.03. The van der Waals surface area contributed by atoms with E-state index in [0.29, 0.717) is 30.4 Å². The third-order valence-corrected chi connectivity index (χ3v) is 3.85. The molecule has 0 bridgehead atoms. The molecule has 0 saturated heterocycles. The molecule has 1 N–H and O–H groups in total. The molecule has 0 aliphatic rings. The number of hydrogen-bond donors (Lipinski definition) is 1. The smallest absolute Gasteiger partial charge is 0.259 e. The average Bonchev–Trinajstić information content (AvgIpc) is 3.07. The Hall–Kier alpha value is -3.22. The third kappa shape index (κ3) is 3.50. The van der Waals surface area contributed by atoms with Gasteiger partial charge in [0.15, 0.2) is 0 Å². The second-order valence-corrected chi connectivity index (χ2v) is 5.33. The lowest BCUT2D eigenvalue weighted by molar-refractivity contribution is 0.0774.